The number of ether oxygens (including phenoxy) is 1. The van der Waals surface area contributed by atoms with Crippen molar-refractivity contribution in [3.05, 3.63) is 0 Å². The SMILES string of the molecule is CC(C)(C)C1CCCC1OC(=O)N1CCCCC1C(=O)O. The van der Waals surface area contributed by atoms with Gasteiger partial charge in [0.05, 0.1) is 0 Å². The zero-order valence-electron chi connectivity index (χ0n) is 13.3. The van der Waals surface area contributed by atoms with Crippen molar-refractivity contribution in [1.82, 2.24) is 4.90 Å². The van der Waals surface area contributed by atoms with Crippen LogP contribution in [0.2, 0.25) is 0 Å². The van der Waals surface area contributed by atoms with E-state index in [1.807, 2.05) is 0 Å². The Morgan fingerprint density at radius 1 is 1.10 bits per heavy atom. The maximum absolute atomic E-state index is 12.4. The van der Waals surface area contributed by atoms with Crippen molar-refractivity contribution in [2.24, 2.45) is 11.3 Å². The first-order valence-electron chi connectivity index (χ1n) is 8.01. The van der Waals surface area contributed by atoms with E-state index in [9.17, 15) is 14.7 Å². The molecular formula is C16H27NO4. The summed E-state index contributed by atoms with van der Waals surface area (Å²) in [6.07, 6.45) is 4.75. The average molecular weight is 297 g/mol. The normalized spacial score (nSPS) is 30.2. The fourth-order valence-corrected chi connectivity index (χ4v) is 3.66. The van der Waals surface area contributed by atoms with Crippen molar-refractivity contribution in [1.29, 1.82) is 0 Å². The van der Waals surface area contributed by atoms with Crippen LogP contribution < -0.4 is 0 Å². The first-order chi connectivity index (χ1) is 9.80. The van der Waals surface area contributed by atoms with E-state index in [1.54, 1.807) is 0 Å². The molecular weight excluding hydrogens is 270 g/mol. The number of hydrogen-bond donors (Lipinski definition) is 1. The van der Waals surface area contributed by atoms with Gasteiger partial charge in [0.25, 0.3) is 0 Å². The Morgan fingerprint density at radius 3 is 2.43 bits per heavy atom. The summed E-state index contributed by atoms with van der Waals surface area (Å²) in [5.74, 6) is -0.569. The second-order valence-electron chi connectivity index (χ2n) is 7.37. The molecule has 21 heavy (non-hydrogen) atoms. The lowest BCUT2D eigenvalue weighted by molar-refractivity contribution is -0.144. The molecule has 3 unspecified atom stereocenters. The van der Waals surface area contributed by atoms with Crippen LogP contribution in [0, 0.1) is 11.3 Å². The van der Waals surface area contributed by atoms with Gasteiger partial charge in [-0.2, -0.15) is 0 Å². The molecule has 1 amide bonds. The second kappa shape index (κ2) is 6.24. The van der Waals surface area contributed by atoms with Crippen molar-refractivity contribution < 1.29 is 19.4 Å². The van der Waals surface area contributed by atoms with Gasteiger partial charge in [-0.3, -0.25) is 4.90 Å². The van der Waals surface area contributed by atoms with Crippen LogP contribution in [0.3, 0.4) is 0 Å². The summed E-state index contributed by atoms with van der Waals surface area (Å²) in [7, 11) is 0. The molecule has 1 N–H and O–H groups in total. The highest BCUT2D eigenvalue weighted by Crippen LogP contribution is 2.41. The zero-order valence-corrected chi connectivity index (χ0v) is 13.3. The number of nitrogens with zero attached hydrogens (tertiary/aromatic N) is 1. The molecule has 1 aliphatic heterocycles. The highest BCUT2D eigenvalue weighted by Gasteiger charge is 2.40. The molecule has 5 nitrogen and oxygen atoms in total. The number of piperidine rings is 1. The van der Waals surface area contributed by atoms with Crippen LogP contribution >= 0.6 is 0 Å². The molecule has 0 aromatic rings. The first-order valence-corrected chi connectivity index (χ1v) is 8.01. The van der Waals surface area contributed by atoms with Gasteiger partial charge in [-0.15, -0.1) is 0 Å². The van der Waals surface area contributed by atoms with Gasteiger partial charge in [0, 0.05) is 12.5 Å². The number of carbonyl (C=O) groups excluding carboxylic acids is 1. The fourth-order valence-electron chi connectivity index (χ4n) is 3.66. The van der Waals surface area contributed by atoms with Gasteiger partial charge in [0.15, 0.2) is 0 Å². The molecule has 0 aromatic carbocycles. The summed E-state index contributed by atoms with van der Waals surface area (Å²) in [6, 6.07) is -0.722. The summed E-state index contributed by atoms with van der Waals surface area (Å²) in [5, 5.41) is 9.25. The summed E-state index contributed by atoms with van der Waals surface area (Å²) in [6.45, 7) is 7.00. The quantitative estimate of drug-likeness (QED) is 0.849. The van der Waals surface area contributed by atoms with E-state index in [0.717, 1.165) is 32.1 Å². The minimum absolute atomic E-state index is 0.0751. The number of rotatable bonds is 2. The van der Waals surface area contributed by atoms with E-state index in [4.69, 9.17) is 4.74 Å². The lowest BCUT2D eigenvalue weighted by atomic mass is 9.78. The van der Waals surface area contributed by atoms with Gasteiger partial charge in [0.1, 0.15) is 12.1 Å². The molecule has 0 aromatic heterocycles. The monoisotopic (exact) mass is 297 g/mol. The molecule has 1 heterocycles. The Labute approximate surface area is 126 Å². The highest BCUT2D eigenvalue weighted by atomic mass is 16.6. The summed E-state index contributed by atoms with van der Waals surface area (Å²) in [4.78, 5) is 25.1. The van der Waals surface area contributed by atoms with Crippen molar-refractivity contribution in [3.63, 3.8) is 0 Å². The van der Waals surface area contributed by atoms with Crippen molar-refractivity contribution in [2.45, 2.75) is 71.4 Å². The predicted molar refractivity (Wildman–Crippen MR) is 79.0 cm³/mol. The molecule has 3 atom stereocenters. The van der Waals surface area contributed by atoms with Crippen LogP contribution in [0.25, 0.3) is 0 Å². The molecule has 5 heteroatoms. The summed E-state index contributed by atoms with van der Waals surface area (Å²) >= 11 is 0. The molecule has 0 radical (unpaired) electrons. The topological polar surface area (TPSA) is 66.8 Å². The van der Waals surface area contributed by atoms with Gasteiger partial charge < -0.3 is 9.84 Å². The van der Waals surface area contributed by atoms with E-state index in [1.165, 1.54) is 4.90 Å². The van der Waals surface area contributed by atoms with Crippen molar-refractivity contribution in [2.75, 3.05) is 6.54 Å². The van der Waals surface area contributed by atoms with Crippen LogP contribution in [0.15, 0.2) is 0 Å². The largest absolute Gasteiger partial charge is 0.480 e. The molecule has 0 bridgehead atoms. The number of carbonyl (C=O) groups is 2. The third kappa shape index (κ3) is 3.69. The minimum atomic E-state index is -0.926. The second-order valence-corrected chi connectivity index (χ2v) is 7.37. The van der Waals surface area contributed by atoms with Crippen LogP contribution in [-0.2, 0) is 9.53 Å². The summed E-state index contributed by atoms with van der Waals surface area (Å²) < 4.78 is 5.69. The predicted octanol–water partition coefficient (Wildman–Crippen LogP) is 3.28. The first kappa shape index (κ1) is 16.1. The number of carboxylic acid groups (broad SMARTS) is 1. The zero-order chi connectivity index (χ0) is 15.6. The Bertz CT molecular complexity index is 402. The Balaban J connectivity index is 2.01. The van der Waals surface area contributed by atoms with Crippen LogP contribution in [0.4, 0.5) is 4.79 Å². The number of likely N-dealkylation sites (tertiary alicyclic amines) is 1. The maximum atomic E-state index is 12.4. The third-order valence-electron chi connectivity index (χ3n) is 4.84. The Kier molecular flexibility index (Phi) is 4.79. The molecule has 1 saturated carbocycles. The number of amides is 1. The van der Waals surface area contributed by atoms with E-state index < -0.39 is 18.1 Å². The van der Waals surface area contributed by atoms with E-state index in [2.05, 4.69) is 20.8 Å². The summed E-state index contributed by atoms with van der Waals surface area (Å²) in [5.41, 5.74) is 0.107. The molecule has 2 fully saturated rings. The Morgan fingerprint density at radius 2 is 1.81 bits per heavy atom. The smallest absolute Gasteiger partial charge is 0.410 e. The van der Waals surface area contributed by atoms with Gasteiger partial charge in [-0.05, 0) is 43.9 Å². The molecule has 1 aliphatic carbocycles. The minimum Gasteiger partial charge on any atom is -0.480 e. The van der Waals surface area contributed by atoms with Gasteiger partial charge in [-0.1, -0.05) is 20.8 Å². The lowest BCUT2D eigenvalue weighted by Gasteiger charge is -2.36. The highest BCUT2D eigenvalue weighted by molar-refractivity contribution is 5.80. The molecule has 0 spiro atoms. The molecule has 2 rings (SSSR count). The van der Waals surface area contributed by atoms with E-state index in [0.29, 0.717) is 18.9 Å². The molecule has 2 aliphatic rings. The van der Waals surface area contributed by atoms with Gasteiger partial charge in [-0.25, -0.2) is 9.59 Å². The number of carboxylic acids is 1. The van der Waals surface area contributed by atoms with Crippen molar-refractivity contribution >= 4 is 12.1 Å². The van der Waals surface area contributed by atoms with E-state index >= 15 is 0 Å². The van der Waals surface area contributed by atoms with Crippen LogP contribution in [0.5, 0.6) is 0 Å². The number of aliphatic carboxylic acids is 1. The average Bonchev–Trinajstić information content (AvgIpc) is 2.86. The van der Waals surface area contributed by atoms with Crippen LogP contribution in [0.1, 0.15) is 59.3 Å². The van der Waals surface area contributed by atoms with Gasteiger partial charge in [0.2, 0.25) is 0 Å². The maximum Gasteiger partial charge on any atom is 0.410 e. The third-order valence-corrected chi connectivity index (χ3v) is 4.84. The van der Waals surface area contributed by atoms with Gasteiger partial charge >= 0.3 is 12.1 Å². The lowest BCUT2D eigenvalue weighted by Crippen LogP contribution is -2.49. The Hall–Kier alpha value is -1.26. The molecule has 120 valence electrons. The molecule has 1 saturated heterocycles. The standard InChI is InChI=1S/C16H27NO4/c1-16(2,3)11-7-6-9-13(11)21-15(20)17-10-5-4-8-12(17)14(18)19/h11-13H,4-10H2,1-3H3,(H,18,19). The van der Waals surface area contributed by atoms with Crippen molar-refractivity contribution in [3.8, 4) is 0 Å². The number of hydrogen-bond acceptors (Lipinski definition) is 3. The van der Waals surface area contributed by atoms with Crippen LogP contribution in [-0.4, -0.2) is 40.8 Å². The fraction of sp³-hybridized carbons (Fsp3) is 0.875. The van der Waals surface area contributed by atoms with E-state index in [-0.39, 0.29) is 11.5 Å².